The molecule has 0 aliphatic carbocycles. The Balaban J connectivity index is 1.40. The van der Waals surface area contributed by atoms with Crippen molar-refractivity contribution in [3.05, 3.63) is 54.1 Å². The molecule has 2 aromatic carbocycles. The van der Waals surface area contributed by atoms with Gasteiger partial charge < -0.3 is 10.2 Å². The number of hydrogen-bond acceptors (Lipinski definition) is 4. The van der Waals surface area contributed by atoms with Gasteiger partial charge in [0.2, 0.25) is 0 Å². The molecule has 28 heavy (non-hydrogen) atoms. The molecule has 3 aromatic rings. The third kappa shape index (κ3) is 3.23. The van der Waals surface area contributed by atoms with E-state index in [9.17, 15) is 4.79 Å². The number of nitrogens with one attached hydrogen (secondary N) is 1. The Morgan fingerprint density at radius 1 is 1.07 bits per heavy atom. The molecule has 0 radical (unpaired) electrons. The van der Waals surface area contributed by atoms with Crippen molar-refractivity contribution in [1.29, 1.82) is 0 Å². The first-order valence-electron chi connectivity index (χ1n) is 10.2. The number of thiazole rings is 1. The van der Waals surface area contributed by atoms with Gasteiger partial charge >= 0.3 is 0 Å². The molecule has 1 aromatic heterocycles. The molecule has 3 heterocycles. The molecule has 2 aliphatic rings. The van der Waals surface area contributed by atoms with Gasteiger partial charge in [-0.2, -0.15) is 0 Å². The Morgan fingerprint density at radius 3 is 2.57 bits per heavy atom. The van der Waals surface area contributed by atoms with Crippen LogP contribution < -0.4 is 5.32 Å². The largest absolute Gasteiger partial charge is 0.349 e. The summed E-state index contributed by atoms with van der Waals surface area (Å²) in [6.45, 7) is 0. The smallest absolute Gasteiger partial charge is 0.253 e. The quantitative estimate of drug-likeness (QED) is 0.703. The highest BCUT2D eigenvalue weighted by atomic mass is 32.1. The molecule has 5 heteroatoms. The first-order chi connectivity index (χ1) is 13.7. The van der Waals surface area contributed by atoms with Crippen molar-refractivity contribution < 1.29 is 4.79 Å². The van der Waals surface area contributed by atoms with Crippen LogP contribution in [-0.4, -0.2) is 41.0 Å². The molecule has 144 valence electrons. The van der Waals surface area contributed by atoms with E-state index in [1.807, 2.05) is 36.4 Å². The highest BCUT2D eigenvalue weighted by Gasteiger charge is 2.36. The Morgan fingerprint density at radius 2 is 1.82 bits per heavy atom. The molecular formula is C23H25N3OS. The molecule has 1 N–H and O–H groups in total. The second-order valence-electron chi connectivity index (χ2n) is 8.08. The summed E-state index contributed by atoms with van der Waals surface area (Å²) >= 11 is 1.60. The summed E-state index contributed by atoms with van der Waals surface area (Å²) in [4.78, 5) is 20.4. The van der Waals surface area contributed by atoms with E-state index in [1.165, 1.54) is 19.3 Å². The van der Waals surface area contributed by atoms with Crippen molar-refractivity contribution >= 4 is 27.5 Å². The molecule has 2 bridgehead atoms. The number of hydrogen-bond donors (Lipinski definition) is 1. The van der Waals surface area contributed by atoms with Gasteiger partial charge in [0.05, 0.1) is 15.8 Å². The molecule has 2 fully saturated rings. The van der Waals surface area contributed by atoms with Crippen LogP contribution in [-0.2, 0) is 0 Å². The lowest BCUT2D eigenvalue weighted by atomic mass is 9.82. The SMILES string of the molecule is CN1C2CCCC1CC(NC(=O)c1cccc3nc(-c4ccccc4)sc13)C2. The van der Waals surface area contributed by atoms with Gasteiger partial charge in [-0.15, -0.1) is 11.3 Å². The van der Waals surface area contributed by atoms with Crippen molar-refractivity contribution in [2.75, 3.05) is 7.05 Å². The number of aromatic nitrogens is 1. The average molecular weight is 392 g/mol. The summed E-state index contributed by atoms with van der Waals surface area (Å²) < 4.78 is 0.979. The van der Waals surface area contributed by atoms with Gasteiger partial charge in [-0.05, 0) is 44.9 Å². The van der Waals surface area contributed by atoms with E-state index >= 15 is 0 Å². The zero-order chi connectivity index (χ0) is 19.1. The summed E-state index contributed by atoms with van der Waals surface area (Å²) in [5, 5.41) is 4.30. The van der Waals surface area contributed by atoms with E-state index in [4.69, 9.17) is 4.98 Å². The number of fused-ring (bicyclic) bond motifs is 3. The fourth-order valence-corrected chi connectivity index (χ4v) is 5.91. The molecule has 4 nitrogen and oxygen atoms in total. The molecule has 2 aliphatic heterocycles. The zero-order valence-electron chi connectivity index (χ0n) is 16.1. The van der Waals surface area contributed by atoms with Crippen LogP contribution in [0.1, 0.15) is 42.5 Å². The standard InChI is InChI=1S/C23H25N3OS/c1-26-17-9-5-10-18(26)14-16(13-17)24-22(27)19-11-6-12-20-21(19)28-23(25-20)15-7-3-2-4-8-15/h2-4,6-8,11-12,16-18H,5,9-10,13-14H2,1H3,(H,24,27). The predicted octanol–water partition coefficient (Wildman–Crippen LogP) is 4.71. The van der Waals surface area contributed by atoms with Crippen LogP contribution in [0, 0.1) is 0 Å². The lowest BCUT2D eigenvalue weighted by Crippen LogP contribution is -2.55. The van der Waals surface area contributed by atoms with Crippen LogP contribution in [0.25, 0.3) is 20.8 Å². The van der Waals surface area contributed by atoms with E-state index in [0.29, 0.717) is 12.1 Å². The summed E-state index contributed by atoms with van der Waals surface area (Å²) in [5.41, 5.74) is 2.75. The minimum absolute atomic E-state index is 0.0430. The third-order valence-corrected chi connectivity index (χ3v) is 7.51. The molecular weight excluding hydrogens is 366 g/mol. The fraction of sp³-hybridized carbons (Fsp3) is 0.391. The number of carbonyl (C=O) groups is 1. The maximum absolute atomic E-state index is 13.1. The minimum atomic E-state index is 0.0430. The highest BCUT2D eigenvalue weighted by Crippen LogP contribution is 2.34. The highest BCUT2D eigenvalue weighted by molar-refractivity contribution is 7.22. The van der Waals surface area contributed by atoms with Gasteiger partial charge in [0.1, 0.15) is 5.01 Å². The van der Waals surface area contributed by atoms with E-state index in [1.54, 1.807) is 11.3 Å². The maximum atomic E-state index is 13.1. The number of carbonyl (C=O) groups excluding carboxylic acids is 1. The van der Waals surface area contributed by atoms with Crippen LogP contribution in [0.4, 0.5) is 0 Å². The number of nitrogens with zero attached hydrogens (tertiary/aromatic N) is 2. The molecule has 0 spiro atoms. The van der Waals surface area contributed by atoms with E-state index in [0.717, 1.165) is 39.2 Å². The first kappa shape index (κ1) is 17.8. The van der Waals surface area contributed by atoms with Crippen LogP contribution in [0.3, 0.4) is 0 Å². The summed E-state index contributed by atoms with van der Waals surface area (Å²) in [5.74, 6) is 0.0430. The Hall–Kier alpha value is -2.24. The number of rotatable bonds is 3. The number of piperidine rings is 2. The van der Waals surface area contributed by atoms with E-state index in [2.05, 4.69) is 29.4 Å². The Bertz CT molecular complexity index is 986. The molecule has 2 atom stereocenters. The second kappa shape index (κ2) is 7.30. The van der Waals surface area contributed by atoms with Crippen LogP contribution >= 0.6 is 11.3 Å². The molecule has 0 saturated carbocycles. The summed E-state index contributed by atoms with van der Waals surface area (Å²) in [6, 6.07) is 17.5. The maximum Gasteiger partial charge on any atom is 0.253 e. The van der Waals surface area contributed by atoms with Crippen molar-refractivity contribution in [3.63, 3.8) is 0 Å². The molecule has 2 unspecified atom stereocenters. The predicted molar refractivity (Wildman–Crippen MR) is 115 cm³/mol. The lowest BCUT2D eigenvalue weighted by molar-refractivity contribution is 0.0463. The van der Waals surface area contributed by atoms with Gasteiger partial charge in [0, 0.05) is 23.7 Å². The summed E-state index contributed by atoms with van der Waals surface area (Å²) in [7, 11) is 2.25. The minimum Gasteiger partial charge on any atom is -0.349 e. The van der Waals surface area contributed by atoms with Gasteiger partial charge in [-0.1, -0.05) is 42.8 Å². The van der Waals surface area contributed by atoms with Crippen LogP contribution in [0.15, 0.2) is 48.5 Å². The normalized spacial score (nSPS) is 25.0. The second-order valence-corrected chi connectivity index (χ2v) is 9.08. The Kier molecular flexibility index (Phi) is 4.65. The van der Waals surface area contributed by atoms with Crippen LogP contribution in [0.5, 0.6) is 0 Å². The van der Waals surface area contributed by atoms with Crippen molar-refractivity contribution in [2.45, 2.75) is 50.2 Å². The Labute approximate surface area is 169 Å². The first-order valence-corrected chi connectivity index (χ1v) is 11.0. The third-order valence-electron chi connectivity index (χ3n) is 6.36. The van der Waals surface area contributed by atoms with Gasteiger partial charge in [0.25, 0.3) is 5.91 Å². The van der Waals surface area contributed by atoms with Gasteiger partial charge in [0.15, 0.2) is 0 Å². The lowest BCUT2D eigenvalue weighted by Gasteiger charge is -2.47. The number of amides is 1. The zero-order valence-corrected chi connectivity index (χ0v) is 16.9. The average Bonchev–Trinajstić information content (AvgIpc) is 3.14. The number of benzene rings is 2. The van der Waals surface area contributed by atoms with Crippen molar-refractivity contribution in [1.82, 2.24) is 15.2 Å². The van der Waals surface area contributed by atoms with Crippen LogP contribution in [0.2, 0.25) is 0 Å². The van der Waals surface area contributed by atoms with Gasteiger partial charge in [-0.3, -0.25) is 4.79 Å². The topological polar surface area (TPSA) is 45.2 Å². The molecule has 1 amide bonds. The molecule has 2 saturated heterocycles. The molecule has 5 rings (SSSR count). The van der Waals surface area contributed by atoms with Crippen molar-refractivity contribution in [3.8, 4) is 10.6 Å². The monoisotopic (exact) mass is 391 g/mol. The van der Waals surface area contributed by atoms with Gasteiger partial charge in [-0.25, -0.2) is 4.98 Å². The fourth-order valence-electron chi connectivity index (χ4n) is 4.83. The van der Waals surface area contributed by atoms with E-state index in [-0.39, 0.29) is 11.9 Å². The summed E-state index contributed by atoms with van der Waals surface area (Å²) in [6.07, 6.45) is 5.95. The van der Waals surface area contributed by atoms with Crippen molar-refractivity contribution in [2.24, 2.45) is 0 Å². The van der Waals surface area contributed by atoms with E-state index < -0.39 is 0 Å².